The summed E-state index contributed by atoms with van der Waals surface area (Å²) in [5.74, 6) is -0.773. The fourth-order valence-corrected chi connectivity index (χ4v) is 2.54. The van der Waals surface area contributed by atoms with Gasteiger partial charge < -0.3 is 4.74 Å². The number of esters is 1. The zero-order valence-electron chi connectivity index (χ0n) is 13.3. The maximum absolute atomic E-state index is 12.7. The fourth-order valence-electron chi connectivity index (χ4n) is 2.42. The largest absolute Gasteiger partial charge is 0.457 e. The molecule has 0 heterocycles. The van der Waals surface area contributed by atoms with E-state index in [0.29, 0.717) is 16.1 Å². The first-order valence-corrected chi connectivity index (χ1v) is 8.13. The van der Waals surface area contributed by atoms with Crippen LogP contribution in [0.3, 0.4) is 0 Å². The quantitative estimate of drug-likeness (QED) is 0.484. The molecule has 0 aliphatic heterocycles. The van der Waals surface area contributed by atoms with Crippen molar-refractivity contribution in [2.24, 2.45) is 0 Å². The first-order chi connectivity index (χ1) is 12.1. The fraction of sp³-hybridized carbons (Fsp3) is 0.0476. The molecule has 0 spiro atoms. The average Bonchev–Trinajstić information content (AvgIpc) is 2.67. The molecule has 3 rings (SSSR count). The van der Waals surface area contributed by atoms with Crippen molar-refractivity contribution in [3.63, 3.8) is 0 Å². The van der Waals surface area contributed by atoms with Crippen molar-refractivity contribution in [3.8, 4) is 0 Å². The molecule has 3 nitrogen and oxygen atoms in total. The van der Waals surface area contributed by atoms with E-state index in [4.69, 9.17) is 16.3 Å². The summed E-state index contributed by atoms with van der Waals surface area (Å²) in [6.45, 7) is 0.156. The van der Waals surface area contributed by atoms with Gasteiger partial charge in [-0.2, -0.15) is 0 Å². The number of hydrogen-bond acceptors (Lipinski definition) is 3. The molecular formula is C21H15ClO3. The lowest BCUT2D eigenvalue weighted by atomic mass is 9.98. The Kier molecular flexibility index (Phi) is 5.26. The second kappa shape index (κ2) is 7.77. The van der Waals surface area contributed by atoms with Crippen LogP contribution in [0.25, 0.3) is 0 Å². The van der Waals surface area contributed by atoms with Gasteiger partial charge in [0.2, 0.25) is 0 Å². The van der Waals surface area contributed by atoms with E-state index < -0.39 is 5.97 Å². The van der Waals surface area contributed by atoms with Gasteiger partial charge in [-0.25, -0.2) is 4.79 Å². The third-order valence-corrected chi connectivity index (χ3v) is 3.96. The summed E-state index contributed by atoms with van der Waals surface area (Å²) >= 11 is 5.86. The van der Waals surface area contributed by atoms with E-state index in [1.54, 1.807) is 48.5 Å². The third-order valence-electron chi connectivity index (χ3n) is 3.71. The zero-order chi connectivity index (χ0) is 17.6. The number of ketones is 1. The highest BCUT2D eigenvalue weighted by molar-refractivity contribution is 6.30. The van der Waals surface area contributed by atoms with Crippen molar-refractivity contribution in [1.82, 2.24) is 0 Å². The maximum atomic E-state index is 12.7. The second-order valence-corrected chi connectivity index (χ2v) is 5.88. The molecule has 3 aromatic carbocycles. The van der Waals surface area contributed by atoms with Gasteiger partial charge in [-0.3, -0.25) is 4.79 Å². The number of carbonyl (C=O) groups excluding carboxylic acids is 2. The molecule has 0 radical (unpaired) electrons. The van der Waals surface area contributed by atoms with Crippen molar-refractivity contribution in [1.29, 1.82) is 0 Å². The standard InChI is InChI=1S/C21H15ClO3/c22-17-12-10-16(11-13-17)20(23)18-8-4-5-9-19(18)21(24)25-14-15-6-2-1-3-7-15/h1-13H,14H2. The number of benzene rings is 3. The number of halogens is 1. The predicted molar refractivity (Wildman–Crippen MR) is 96.9 cm³/mol. The van der Waals surface area contributed by atoms with Gasteiger partial charge in [0.1, 0.15) is 6.61 Å². The summed E-state index contributed by atoms with van der Waals surface area (Å²) in [4.78, 5) is 25.1. The van der Waals surface area contributed by atoms with Crippen LogP contribution in [0.2, 0.25) is 5.02 Å². The van der Waals surface area contributed by atoms with Crippen LogP contribution >= 0.6 is 11.6 Å². The van der Waals surface area contributed by atoms with Gasteiger partial charge in [-0.05, 0) is 35.9 Å². The van der Waals surface area contributed by atoms with Gasteiger partial charge in [-0.15, -0.1) is 0 Å². The Morgan fingerprint density at radius 1 is 0.760 bits per heavy atom. The van der Waals surface area contributed by atoms with Crippen molar-refractivity contribution < 1.29 is 14.3 Å². The monoisotopic (exact) mass is 350 g/mol. The van der Waals surface area contributed by atoms with Crippen LogP contribution in [-0.2, 0) is 11.3 Å². The summed E-state index contributed by atoms with van der Waals surface area (Å²) in [5.41, 5.74) is 1.91. The molecule has 3 aromatic rings. The van der Waals surface area contributed by atoms with Crippen LogP contribution in [0.1, 0.15) is 31.8 Å². The molecule has 124 valence electrons. The number of rotatable bonds is 5. The molecule has 4 heteroatoms. The van der Waals surface area contributed by atoms with E-state index in [-0.39, 0.29) is 18.0 Å². The molecule has 0 unspecified atom stereocenters. The van der Waals surface area contributed by atoms with Gasteiger partial charge >= 0.3 is 5.97 Å². The molecule has 0 aliphatic carbocycles. The molecule has 0 fully saturated rings. The Hall–Kier alpha value is -2.91. The summed E-state index contributed by atoms with van der Waals surface area (Å²) < 4.78 is 5.35. The first-order valence-electron chi connectivity index (χ1n) is 7.75. The Balaban J connectivity index is 1.81. The van der Waals surface area contributed by atoms with Crippen LogP contribution in [0, 0.1) is 0 Å². The molecule has 0 bridgehead atoms. The summed E-state index contributed by atoms with van der Waals surface area (Å²) in [6.07, 6.45) is 0. The van der Waals surface area contributed by atoms with E-state index >= 15 is 0 Å². The van der Waals surface area contributed by atoms with E-state index in [2.05, 4.69) is 0 Å². The normalized spacial score (nSPS) is 10.3. The minimum absolute atomic E-state index is 0.156. The average molecular weight is 351 g/mol. The molecule has 0 N–H and O–H groups in total. The van der Waals surface area contributed by atoms with Crippen LogP contribution in [0.5, 0.6) is 0 Å². The summed E-state index contributed by atoms with van der Waals surface area (Å²) in [7, 11) is 0. The van der Waals surface area contributed by atoms with Gasteiger partial charge in [0, 0.05) is 16.1 Å². The SMILES string of the molecule is O=C(OCc1ccccc1)c1ccccc1C(=O)c1ccc(Cl)cc1. The highest BCUT2D eigenvalue weighted by atomic mass is 35.5. The second-order valence-electron chi connectivity index (χ2n) is 5.44. The number of carbonyl (C=O) groups is 2. The van der Waals surface area contributed by atoms with Gasteiger partial charge in [-0.1, -0.05) is 60.1 Å². The lowest BCUT2D eigenvalue weighted by molar-refractivity contribution is 0.0470. The van der Waals surface area contributed by atoms with E-state index in [1.807, 2.05) is 30.3 Å². The van der Waals surface area contributed by atoms with Gasteiger partial charge in [0.05, 0.1) is 5.56 Å². The number of ether oxygens (including phenoxy) is 1. The highest BCUT2D eigenvalue weighted by Crippen LogP contribution is 2.18. The molecular weight excluding hydrogens is 336 g/mol. The van der Waals surface area contributed by atoms with E-state index in [0.717, 1.165) is 5.56 Å². The van der Waals surface area contributed by atoms with Crippen LogP contribution in [0.4, 0.5) is 0 Å². The van der Waals surface area contributed by atoms with E-state index in [1.165, 1.54) is 0 Å². The lowest BCUT2D eigenvalue weighted by Gasteiger charge is -2.09. The Morgan fingerprint density at radius 3 is 2.04 bits per heavy atom. The van der Waals surface area contributed by atoms with Gasteiger partial charge in [0.25, 0.3) is 0 Å². The Bertz CT molecular complexity index is 887. The van der Waals surface area contributed by atoms with Crippen LogP contribution < -0.4 is 0 Å². The van der Waals surface area contributed by atoms with Crippen molar-refractivity contribution in [3.05, 3.63) is 106 Å². The minimum atomic E-state index is -0.526. The molecule has 0 aliphatic rings. The molecule has 0 amide bonds. The Morgan fingerprint density at radius 2 is 1.36 bits per heavy atom. The molecule has 0 atom stereocenters. The lowest BCUT2D eigenvalue weighted by Crippen LogP contribution is -2.12. The van der Waals surface area contributed by atoms with Crippen LogP contribution in [0.15, 0.2) is 78.9 Å². The summed E-state index contributed by atoms with van der Waals surface area (Å²) in [5, 5.41) is 0.548. The Labute approximate surface area is 150 Å². The van der Waals surface area contributed by atoms with E-state index in [9.17, 15) is 9.59 Å². The minimum Gasteiger partial charge on any atom is -0.457 e. The van der Waals surface area contributed by atoms with Gasteiger partial charge in [0.15, 0.2) is 5.78 Å². The molecule has 0 saturated carbocycles. The molecule has 25 heavy (non-hydrogen) atoms. The summed E-state index contributed by atoms with van der Waals surface area (Å²) in [6, 6.07) is 22.6. The molecule has 0 saturated heterocycles. The number of hydrogen-bond donors (Lipinski definition) is 0. The highest BCUT2D eigenvalue weighted by Gasteiger charge is 2.19. The molecule has 0 aromatic heterocycles. The van der Waals surface area contributed by atoms with Crippen molar-refractivity contribution in [2.45, 2.75) is 6.61 Å². The third kappa shape index (κ3) is 4.14. The topological polar surface area (TPSA) is 43.4 Å². The maximum Gasteiger partial charge on any atom is 0.339 e. The zero-order valence-corrected chi connectivity index (χ0v) is 14.1. The van der Waals surface area contributed by atoms with Crippen molar-refractivity contribution in [2.75, 3.05) is 0 Å². The smallest absolute Gasteiger partial charge is 0.339 e. The van der Waals surface area contributed by atoms with Crippen LogP contribution in [-0.4, -0.2) is 11.8 Å². The van der Waals surface area contributed by atoms with Crippen molar-refractivity contribution >= 4 is 23.4 Å². The predicted octanol–water partition coefficient (Wildman–Crippen LogP) is 4.93. The first kappa shape index (κ1) is 16.9.